The van der Waals surface area contributed by atoms with Crippen molar-refractivity contribution in [2.24, 2.45) is 5.10 Å². The smallest absolute Gasteiger partial charge is 0.347 e. The zero-order valence-corrected chi connectivity index (χ0v) is 28.3. The van der Waals surface area contributed by atoms with Crippen molar-refractivity contribution >= 4 is 45.7 Å². The van der Waals surface area contributed by atoms with E-state index in [0.717, 1.165) is 22.4 Å². The van der Waals surface area contributed by atoms with Crippen LogP contribution >= 0.6 is 22.6 Å². The molecule has 4 aromatic rings. The molecule has 0 radical (unpaired) electrons. The summed E-state index contributed by atoms with van der Waals surface area (Å²) in [6.45, 7) is 14.6. The summed E-state index contributed by atoms with van der Waals surface area (Å²) in [4.78, 5) is 31.0. The van der Waals surface area contributed by atoms with Gasteiger partial charge in [-0.05, 0) is 116 Å². The maximum atomic E-state index is 13.9. The van der Waals surface area contributed by atoms with Gasteiger partial charge in [0.1, 0.15) is 5.75 Å². The van der Waals surface area contributed by atoms with E-state index >= 15 is 0 Å². The van der Waals surface area contributed by atoms with Crippen LogP contribution in [0.1, 0.15) is 64.2 Å². The molecule has 10 heteroatoms. The van der Waals surface area contributed by atoms with Gasteiger partial charge >= 0.3 is 5.97 Å². The van der Waals surface area contributed by atoms with E-state index in [2.05, 4.69) is 41.5 Å². The third-order valence-electron chi connectivity index (χ3n) is 6.84. The number of halogens is 1. The highest BCUT2D eigenvalue weighted by molar-refractivity contribution is 14.1. The lowest BCUT2D eigenvalue weighted by atomic mass is 9.96. The van der Waals surface area contributed by atoms with Crippen LogP contribution in [0.3, 0.4) is 0 Å². The number of aromatic nitrogens is 2. The van der Waals surface area contributed by atoms with Crippen molar-refractivity contribution in [2.75, 3.05) is 19.8 Å². The fourth-order valence-corrected chi connectivity index (χ4v) is 5.48. The molecule has 9 nitrogen and oxygen atoms in total. The van der Waals surface area contributed by atoms with Gasteiger partial charge in [-0.15, -0.1) is 0 Å². The Balaban J connectivity index is 1.86. The predicted octanol–water partition coefficient (Wildman–Crippen LogP) is 7.11. The Labute approximate surface area is 271 Å². The second-order valence-corrected chi connectivity index (χ2v) is 11.5. The number of aryl methyl sites for hydroxylation is 1. The number of benzene rings is 3. The Morgan fingerprint density at radius 2 is 1.70 bits per heavy atom. The number of carbonyl (C=O) groups is 1. The summed E-state index contributed by atoms with van der Waals surface area (Å²) in [5, 5.41) is 5.13. The Kier molecular flexibility index (Phi) is 11.0. The van der Waals surface area contributed by atoms with Gasteiger partial charge in [-0.25, -0.2) is 9.78 Å². The predicted molar refractivity (Wildman–Crippen MR) is 181 cm³/mol. The van der Waals surface area contributed by atoms with Crippen molar-refractivity contribution in [1.29, 1.82) is 0 Å². The molecule has 1 aromatic heterocycles. The van der Waals surface area contributed by atoms with E-state index in [4.69, 9.17) is 23.9 Å². The first-order valence-electron chi connectivity index (χ1n) is 14.7. The highest BCUT2D eigenvalue weighted by atomic mass is 127. The van der Waals surface area contributed by atoms with Crippen LogP contribution in [0.2, 0.25) is 0 Å². The Morgan fingerprint density at radius 1 is 1.00 bits per heavy atom. The molecule has 1 heterocycles. The average molecular weight is 712 g/mol. The highest BCUT2D eigenvalue weighted by Gasteiger charge is 2.22. The highest BCUT2D eigenvalue weighted by Crippen LogP contribution is 2.36. The summed E-state index contributed by atoms with van der Waals surface area (Å²) in [7, 11) is 0. The number of carbonyl (C=O) groups excluding carboxylic acids is 1. The maximum Gasteiger partial charge on any atom is 0.347 e. The second-order valence-electron chi connectivity index (χ2n) is 10.4. The molecular weight excluding hydrogens is 673 g/mol. The summed E-state index contributed by atoms with van der Waals surface area (Å²) >= 11 is 2.13. The van der Waals surface area contributed by atoms with Crippen molar-refractivity contribution < 1.29 is 23.7 Å². The van der Waals surface area contributed by atoms with E-state index in [9.17, 15) is 9.59 Å². The van der Waals surface area contributed by atoms with Crippen LogP contribution in [-0.2, 0) is 9.53 Å². The minimum absolute atomic E-state index is 0.186. The van der Waals surface area contributed by atoms with Crippen LogP contribution < -0.4 is 19.8 Å². The number of esters is 1. The monoisotopic (exact) mass is 711 g/mol. The van der Waals surface area contributed by atoms with E-state index in [0.29, 0.717) is 50.6 Å². The lowest BCUT2D eigenvalue weighted by Gasteiger charge is -2.19. The number of rotatable bonds is 12. The quantitative estimate of drug-likeness (QED) is 0.0878. The summed E-state index contributed by atoms with van der Waals surface area (Å²) in [5.74, 6) is 1.85. The minimum Gasteiger partial charge on any atom is -0.494 e. The normalized spacial score (nSPS) is 12.1. The van der Waals surface area contributed by atoms with E-state index in [1.165, 1.54) is 4.68 Å². The fraction of sp³-hybridized carbons (Fsp3) is 0.353. The summed E-state index contributed by atoms with van der Waals surface area (Å²) < 4.78 is 24.9. The molecule has 3 aromatic carbocycles. The third kappa shape index (κ3) is 7.23. The number of fused-ring (bicyclic) bond motifs is 1. The molecule has 0 aliphatic carbocycles. The van der Waals surface area contributed by atoms with Gasteiger partial charge in [0.25, 0.3) is 5.56 Å². The first kappa shape index (κ1) is 33.0. The van der Waals surface area contributed by atoms with Crippen LogP contribution in [0.25, 0.3) is 22.3 Å². The van der Waals surface area contributed by atoms with Gasteiger partial charge in [0.15, 0.2) is 23.4 Å². The van der Waals surface area contributed by atoms with Gasteiger partial charge in [0.2, 0.25) is 0 Å². The Hall–Kier alpha value is -3.93. The average Bonchev–Trinajstić information content (AvgIpc) is 2.98. The van der Waals surface area contributed by atoms with E-state index in [1.807, 2.05) is 57.2 Å². The van der Waals surface area contributed by atoms with Crippen molar-refractivity contribution in [3.05, 3.63) is 79.1 Å². The van der Waals surface area contributed by atoms with Crippen LogP contribution in [0.15, 0.2) is 58.4 Å². The van der Waals surface area contributed by atoms with Crippen molar-refractivity contribution in [2.45, 2.75) is 60.5 Å². The summed E-state index contributed by atoms with van der Waals surface area (Å²) in [6.07, 6.45) is 0.776. The van der Waals surface area contributed by atoms with Crippen LogP contribution in [0.5, 0.6) is 17.2 Å². The molecule has 0 spiro atoms. The largest absolute Gasteiger partial charge is 0.494 e. The lowest BCUT2D eigenvalue weighted by Crippen LogP contribution is -2.26. The number of hydrogen-bond acceptors (Lipinski definition) is 8. The molecule has 0 aliphatic rings. The first-order chi connectivity index (χ1) is 21.1. The molecule has 0 saturated heterocycles. The Morgan fingerprint density at radius 3 is 2.39 bits per heavy atom. The Bertz CT molecular complexity index is 1750. The van der Waals surface area contributed by atoms with E-state index in [1.54, 1.807) is 32.2 Å². The second kappa shape index (κ2) is 14.7. The number of ether oxygens (including phenoxy) is 4. The SMILES string of the molecule is CCOC(=O)[C@H](C)Oc1c(I)cc(C=Nn2c(-c3cc(C(C)C)c(OCC)cc3C)nc3ccccc3c2=O)cc1OCC. The van der Waals surface area contributed by atoms with Gasteiger partial charge in [0, 0.05) is 5.56 Å². The molecule has 0 fully saturated rings. The fourth-order valence-electron chi connectivity index (χ4n) is 4.72. The molecule has 0 amide bonds. The first-order valence-corrected chi connectivity index (χ1v) is 15.8. The summed E-state index contributed by atoms with van der Waals surface area (Å²) in [5.41, 5.74) is 3.70. The molecule has 0 bridgehead atoms. The molecule has 1 atom stereocenters. The molecule has 0 saturated carbocycles. The number of para-hydroxylation sites is 1. The van der Waals surface area contributed by atoms with Crippen molar-refractivity contribution in [1.82, 2.24) is 9.66 Å². The molecule has 4 rings (SSSR count). The van der Waals surface area contributed by atoms with Crippen LogP contribution in [-0.4, -0.2) is 47.8 Å². The standard InChI is InChI=1S/C34H38IN3O6/c1-8-41-29-15-21(6)26(18-25(29)20(4)5)32-37-28-14-12-11-13-24(28)33(39)38(32)36-19-23-16-27(35)31(30(17-23)42-9-2)44-22(7)34(40)43-10-3/h11-20,22H,8-10H2,1-7H3/t22-/m0/s1. The molecule has 232 valence electrons. The molecular formula is C34H38IN3O6. The van der Waals surface area contributed by atoms with Gasteiger partial charge in [-0.1, -0.05) is 26.0 Å². The molecule has 0 aliphatic heterocycles. The number of hydrogen-bond donors (Lipinski definition) is 0. The maximum absolute atomic E-state index is 13.9. The van der Waals surface area contributed by atoms with E-state index < -0.39 is 12.1 Å². The van der Waals surface area contributed by atoms with Gasteiger partial charge in [0.05, 0.1) is 40.5 Å². The molecule has 0 N–H and O–H groups in total. The van der Waals surface area contributed by atoms with Gasteiger partial charge < -0.3 is 18.9 Å². The van der Waals surface area contributed by atoms with Crippen LogP contribution in [0, 0.1) is 10.5 Å². The van der Waals surface area contributed by atoms with Gasteiger partial charge in [-0.2, -0.15) is 9.78 Å². The van der Waals surface area contributed by atoms with Crippen LogP contribution in [0.4, 0.5) is 0 Å². The lowest BCUT2D eigenvalue weighted by molar-refractivity contribution is -0.150. The topological polar surface area (TPSA) is 101 Å². The summed E-state index contributed by atoms with van der Waals surface area (Å²) in [6, 6.07) is 14.9. The molecule has 44 heavy (non-hydrogen) atoms. The van der Waals surface area contributed by atoms with Gasteiger partial charge in [-0.3, -0.25) is 4.79 Å². The molecule has 0 unspecified atom stereocenters. The minimum atomic E-state index is -0.819. The van der Waals surface area contributed by atoms with Crippen molar-refractivity contribution in [3.8, 4) is 28.6 Å². The van der Waals surface area contributed by atoms with Crippen molar-refractivity contribution in [3.63, 3.8) is 0 Å². The van der Waals surface area contributed by atoms with E-state index in [-0.39, 0.29) is 18.1 Å². The third-order valence-corrected chi connectivity index (χ3v) is 7.64. The number of nitrogens with zero attached hydrogens (tertiary/aromatic N) is 3. The zero-order valence-electron chi connectivity index (χ0n) is 26.1. The zero-order chi connectivity index (χ0) is 32.0.